The number of carboxylic acids is 1. The molecule has 0 unspecified atom stereocenters. The Balaban J connectivity index is 2.40. The molecular weight excluding hydrogens is 198 g/mol. The van der Waals surface area contributed by atoms with Gasteiger partial charge < -0.3 is 10.4 Å². The number of rotatable bonds is 5. The second-order valence-electron chi connectivity index (χ2n) is 3.60. The molecule has 2 N–H and O–H groups in total. The molecule has 4 heteroatoms. The fraction of sp³-hybridized carbons (Fsp3) is 0.500. The molecule has 0 aliphatic carbocycles. The molecular formula is C10H15NO2S. The van der Waals surface area contributed by atoms with Gasteiger partial charge in [-0.15, -0.1) is 11.3 Å². The average molecular weight is 213 g/mol. The first kappa shape index (κ1) is 11.2. The van der Waals surface area contributed by atoms with Gasteiger partial charge in [0.1, 0.15) is 4.88 Å². The Kier molecular flexibility index (Phi) is 4.10. The molecule has 0 amide bonds. The van der Waals surface area contributed by atoms with Crippen molar-refractivity contribution in [3.8, 4) is 0 Å². The van der Waals surface area contributed by atoms with Crippen molar-refractivity contribution in [2.45, 2.75) is 20.4 Å². The van der Waals surface area contributed by atoms with Gasteiger partial charge in [0.15, 0.2) is 0 Å². The van der Waals surface area contributed by atoms with Gasteiger partial charge in [-0.05, 0) is 24.6 Å². The predicted molar refractivity (Wildman–Crippen MR) is 57.8 cm³/mol. The molecule has 0 spiro atoms. The van der Waals surface area contributed by atoms with Crippen LogP contribution >= 0.6 is 11.3 Å². The molecule has 14 heavy (non-hydrogen) atoms. The van der Waals surface area contributed by atoms with Crippen LogP contribution in [0.3, 0.4) is 0 Å². The van der Waals surface area contributed by atoms with Gasteiger partial charge in [0.25, 0.3) is 0 Å². The van der Waals surface area contributed by atoms with E-state index in [9.17, 15) is 4.79 Å². The molecule has 3 nitrogen and oxygen atoms in total. The van der Waals surface area contributed by atoms with E-state index in [2.05, 4.69) is 19.2 Å². The van der Waals surface area contributed by atoms with Crippen molar-refractivity contribution >= 4 is 17.3 Å². The molecule has 0 fully saturated rings. The Bertz CT molecular complexity index is 307. The SMILES string of the molecule is CC(C)CNCc1ccc(C(=O)O)s1. The minimum absolute atomic E-state index is 0.409. The summed E-state index contributed by atoms with van der Waals surface area (Å²) in [6, 6.07) is 3.51. The van der Waals surface area contributed by atoms with Crippen LogP contribution in [0.5, 0.6) is 0 Å². The number of nitrogens with one attached hydrogen (secondary N) is 1. The zero-order chi connectivity index (χ0) is 10.6. The highest BCUT2D eigenvalue weighted by molar-refractivity contribution is 7.13. The van der Waals surface area contributed by atoms with Crippen LogP contribution in [0.15, 0.2) is 12.1 Å². The predicted octanol–water partition coefficient (Wildman–Crippen LogP) is 2.19. The summed E-state index contributed by atoms with van der Waals surface area (Å²) in [5.41, 5.74) is 0. The van der Waals surface area contributed by atoms with E-state index in [0.717, 1.165) is 18.0 Å². The maximum Gasteiger partial charge on any atom is 0.345 e. The van der Waals surface area contributed by atoms with Crippen molar-refractivity contribution < 1.29 is 9.90 Å². The molecule has 0 atom stereocenters. The van der Waals surface area contributed by atoms with Crippen molar-refractivity contribution in [1.29, 1.82) is 0 Å². The fourth-order valence-corrected chi connectivity index (χ4v) is 1.89. The number of carbonyl (C=O) groups is 1. The molecule has 1 rings (SSSR count). The van der Waals surface area contributed by atoms with Crippen LogP contribution in [-0.4, -0.2) is 17.6 Å². The third-order valence-corrected chi connectivity index (χ3v) is 2.80. The van der Waals surface area contributed by atoms with Gasteiger partial charge in [0, 0.05) is 11.4 Å². The molecule has 1 aromatic heterocycles. The Hall–Kier alpha value is -0.870. The van der Waals surface area contributed by atoms with E-state index in [4.69, 9.17) is 5.11 Å². The lowest BCUT2D eigenvalue weighted by molar-refractivity contribution is 0.0702. The van der Waals surface area contributed by atoms with Crippen molar-refractivity contribution in [2.24, 2.45) is 5.92 Å². The van der Waals surface area contributed by atoms with Crippen LogP contribution in [-0.2, 0) is 6.54 Å². The molecule has 0 aromatic carbocycles. The van der Waals surface area contributed by atoms with Gasteiger partial charge >= 0.3 is 5.97 Å². The molecule has 1 aromatic rings. The molecule has 1 heterocycles. The van der Waals surface area contributed by atoms with E-state index in [1.807, 2.05) is 6.07 Å². The number of hydrogen-bond donors (Lipinski definition) is 2. The number of thiophene rings is 1. The van der Waals surface area contributed by atoms with Crippen molar-refractivity contribution in [2.75, 3.05) is 6.54 Å². The van der Waals surface area contributed by atoms with Crippen molar-refractivity contribution in [1.82, 2.24) is 5.32 Å². The first-order chi connectivity index (χ1) is 6.59. The van der Waals surface area contributed by atoms with Gasteiger partial charge in [-0.25, -0.2) is 4.79 Å². The second kappa shape index (κ2) is 5.12. The summed E-state index contributed by atoms with van der Waals surface area (Å²) in [4.78, 5) is 12.1. The highest BCUT2D eigenvalue weighted by Crippen LogP contribution is 2.15. The van der Waals surface area contributed by atoms with Gasteiger partial charge in [-0.1, -0.05) is 13.8 Å². The maximum atomic E-state index is 10.6. The first-order valence-corrected chi connectivity index (χ1v) is 5.44. The number of aromatic carboxylic acids is 1. The Morgan fingerprint density at radius 3 is 2.79 bits per heavy atom. The van der Waals surface area contributed by atoms with Crippen LogP contribution in [0.25, 0.3) is 0 Å². The Morgan fingerprint density at radius 2 is 2.29 bits per heavy atom. The monoisotopic (exact) mass is 213 g/mol. The minimum atomic E-state index is -0.842. The quantitative estimate of drug-likeness (QED) is 0.788. The summed E-state index contributed by atoms with van der Waals surface area (Å²) in [6.07, 6.45) is 0. The van der Waals surface area contributed by atoms with Crippen LogP contribution in [0.4, 0.5) is 0 Å². The lowest BCUT2D eigenvalue weighted by Crippen LogP contribution is -2.18. The van der Waals surface area contributed by atoms with E-state index >= 15 is 0 Å². The molecule has 0 aliphatic rings. The van der Waals surface area contributed by atoms with Gasteiger partial charge in [0.05, 0.1) is 0 Å². The molecule has 0 saturated carbocycles. The zero-order valence-electron chi connectivity index (χ0n) is 8.41. The van der Waals surface area contributed by atoms with Crippen molar-refractivity contribution in [3.63, 3.8) is 0 Å². The topological polar surface area (TPSA) is 49.3 Å². The highest BCUT2D eigenvalue weighted by atomic mass is 32.1. The first-order valence-electron chi connectivity index (χ1n) is 4.62. The molecule has 0 aliphatic heterocycles. The third kappa shape index (κ3) is 3.47. The van der Waals surface area contributed by atoms with E-state index in [1.165, 1.54) is 11.3 Å². The largest absolute Gasteiger partial charge is 0.477 e. The van der Waals surface area contributed by atoms with Crippen LogP contribution in [0, 0.1) is 5.92 Å². The Labute approximate surface area is 87.8 Å². The zero-order valence-corrected chi connectivity index (χ0v) is 9.23. The number of carboxylic acid groups (broad SMARTS) is 1. The number of hydrogen-bond acceptors (Lipinski definition) is 3. The van der Waals surface area contributed by atoms with Gasteiger partial charge in [-0.3, -0.25) is 0 Å². The fourth-order valence-electron chi connectivity index (χ4n) is 1.07. The molecule has 0 saturated heterocycles. The second-order valence-corrected chi connectivity index (χ2v) is 4.76. The van der Waals surface area contributed by atoms with Crippen LogP contribution < -0.4 is 5.32 Å². The van der Waals surface area contributed by atoms with E-state index in [1.54, 1.807) is 6.07 Å². The summed E-state index contributed by atoms with van der Waals surface area (Å²) in [7, 11) is 0. The van der Waals surface area contributed by atoms with Crippen LogP contribution in [0.1, 0.15) is 28.4 Å². The summed E-state index contributed by atoms with van der Waals surface area (Å²) in [5.74, 6) is -0.223. The summed E-state index contributed by atoms with van der Waals surface area (Å²) < 4.78 is 0. The van der Waals surface area contributed by atoms with Gasteiger partial charge in [-0.2, -0.15) is 0 Å². The summed E-state index contributed by atoms with van der Waals surface area (Å²) in [5, 5.41) is 12.0. The summed E-state index contributed by atoms with van der Waals surface area (Å²) in [6.45, 7) is 6.00. The van der Waals surface area contributed by atoms with E-state index in [-0.39, 0.29) is 0 Å². The maximum absolute atomic E-state index is 10.6. The molecule has 0 radical (unpaired) electrons. The summed E-state index contributed by atoms with van der Waals surface area (Å²) >= 11 is 1.33. The van der Waals surface area contributed by atoms with Gasteiger partial charge in [0.2, 0.25) is 0 Å². The lowest BCUT2D eigenvalue weighted by atomic mass is 10.2. The highest BCUT2D eigenvalue weighted by Gasteiger charge is 2.06. The normalized spacial score (nSPS) is 10.8. The Morgan fingerprint density at radius 1 is 1.57 bits per heavy atom. The van der Waals surface area contributed by atoms with E-state index < -0.39 is 5.97 Å². The van der Waals surface area contributed by atoms with E-state index in [0.29, 0.717) is 10.8 Å². The molecule has 0 bridgehead atoms. The molecule has 78 valence electrons. The van der Waals surface area contributed by atoms with Crippen LogP contribution in [0.2, 0.25) is 0 Å². The lowest BCUT2D eigenvalue weighted by Gasteiger charge is -2.04. The third-order valence-electron chi connectivity index (χ3n) is 1.72. The van der Waals surface area contributed by atoms with Crippen molar-refractivity contribution in [3.05, 3.63) is 21.9 Å². The standard InChI is InChI=1S/C10H15NO2S/c1-7(2)5-11-6-8-3-4-9(14-8)10(12)13/h3-4,7,11H,5-6H2,1-2H3,(H,12,13). The average Bonchev–Trinajstić information content (AvgIpc) is 2.52. The smallest absolute Gasteiger partial charge is 0.345 e. The minimum Gasteiger partial charge on any atom is -0.477 e.